The van der Waals surface area contributed by atoms with Gasteiger partial charge in [0, 0.05) is 6.20 Å². The lowest BCUT2D eigenvalue weighted by Gasteiger charge is -2.07. The van der Waals surface area contributed by atoms with Gasteiger partial charge in [-0.15, -0.1) is 9.81 Å². The molecule has 0 fully saturated rings. The van der Waals surface area contributed by atoms with Crippen molar-refractivity contribution in [3.05, 3.63) is 84.7 Å². The minimum Gasteiger partial charge on any atom is -0.383 e. The molecule has 27 heavy (non-hydrogen) atoms. The van der Waals surface area contributed by atoms with Crippen molar-refractivity contribution in [2.45, 2.75) is 6.92 Å². The van der Waals surface area contributed by atoms with E-state index < -0.39 is 16.8 Å². The van der Waals surface area contributed by atoms with Crippen molar-refractivity contribution in [1.29, 1.82) is 0 Å². The first-order valence-corrected chi connectivity index (χ1v) is 7.76. The van der Waals surface area contributed by atoms with E-state index in [1.807, 2.05) is 0 Å². The number of nitrogens with zero attached hydrogens (tertiary/aromatic N) is 4. The molecule has 9 nitrogen and oxygen atoms in total. The first-order chi connectivity index (χ1) is 12.9. The zero-order valence-corrected chi connectivity index (χ0v) is 14.1. The molecule has 0 aliphatic heterocycles. The average molecular weight is 363 g/mol. The van der Waals surface area contributed by atoms with Crippen LogP contribution in [0.3, 0.4) is 0 Å². The van der Waals surface area contributed by atoms with Crippen LogP contribution in [-0.4, -0.2) is 9.55 Å². The Labute approximate surface area is 152 Å². The number of benzene rings is 1. The van der Waals surface area contributed by atoms with E-state index in [1.54, 1.807) is 31.2 Å². The summed E-state index contributed by atoms with van der Waals surface area (Å²) in [6.45, 7) is 1.68. The van der Waals surface area contributed by atoms with E-state index in [4.69, 9.17) is 5.73 Å². The van der Waals surface area contributed by atoms with Gasteiger partial charge >= 0.3 is 5.69 Å². The molecule has 2 aromatic carbocycles. The first-order valence-electron chi connectivity index (χ1n) is 7.76. The predicted molar refractivity (Wildman–Crippen MR) is 102 cm³/mol. The summed E-state index contributed by atoms with van der Waals surface area (Å²) < 4.78 is 1.32. The molecule has 0 radical (unpaired) electrons. The van der Waals surface area contributed by atoms with E-state index in [0.717, 1.165) is 0 Å². The van der Waals surface area contributed by atoms with Crippen LogP contribution in [-0.2, 0) is 0 Å². The molecular weight excluding hydrogens is 350 g/mol. The van der Waals surface area contributed by atoms with Crippen molar-refractivity contribution in [3.63, 3.8) is 0 Å². The van der Waals surface area contributed by atoms with Crippen molar-refractivity contribution in [1.82, 2.24) is 9.55 Å². The van der Waals surface area contributed by atoms with Crippen molar-refractivity contribution in [3.8, 4) is 16.8 Å². The lowest BCUT2D eigenvalue weighted by molar-refractivity contribution is 0.920. The Kier molecular flexibility index (Phi) is 4.67. The lowest BCUT2D eigenvalue weighted by Crippen LogP contribution is -2.21. The molecule has 134 valence electrons. The van der Waals surface area contributed by atoms with Gasteiger partial charge in [-0.05, 0) is 64.3 Å². The average Bonchev–Trinajstić information content (AvgIpc) is 2.78. The molecule has 0 unspecified atom stereocenters. The van der Waals surface area contributed by atoms with Crippen LogP contribution in [0.25, 0.3) is 16.8 Å². The zero-order chi connectivity index (χ0) is 19.6. The SMILES string of the molecule is Cc1cc(N=O)c(=O)c(N=O)cc1-c1ccc(-n2ccc(N)nc2=O)cc1. The number of nitrogens with two attached hydrogens (primary N) is 1. The molecule has 0 saturated heterocycles. The fraction of sp³-hybridized carbons (Fsp3) is 0.0556. The van der Waals surface area contributed by atoms with Gasteiger partial charge in [0.2, 0.25) is 5.43 Å². The monoisotopic (exact) mass is 363 g/mol. The summed E-state index contributed by atoms with van der Waals surface area (Å²) in [7, 11) is 0. The maximum absolute atomic E-state index is 12.0. The molecule has 9 heteroatoms. The maximum atomic E-state index is 12.0. The molecule has 0 aliphatic rings. The number of nitroso groups, excluding NO2 is 2. The summed E-state index contributed by atoms with van der Waals surface area (Å²) in [5.41, 5.74) is 5.66. The molecule has 0 aliphatic carbocycles. The second kappa shape index (κ2) is 7.08. The van der Waals surface area contributed by atoms with Crippen LogP contribution in [0.1, 0.15) is 5.56 Å². The van der Waals surface area contributed by atoms with E-state index in [1.165, 1.54) is 29.0 Å². The third-order valence-corrected chi connectivity index (χ3v) is 4.00. The van der Waals surface area contributed by atoms with E-state index in [9.17, 15) is 19.4 Å². The molecule has 1 heterocycles. The number of aryl methyl sites for hydroxylation is 1. The van der Waals surface area contributed by atoms with Gasteiger partial charge in [0.15, 0.2) is 11.4 Å². The highest BCUT2D eigenvalue weighted by atomic mass is 16.3. The smallest absolute Gasteiger partial charge is 0.354 e. The summed E-state index contributed by atoms with van der Waals surface area (Å²) in [5.74, 6) is 0.127. The van der Waals surface area contributed by atoms with Crippen LogP contribution in [0.15, 0.2) is 68.6 Å². The minimum absolute atomic E-state index is 0.127. The highest BCUT2D eigenvalue weighted by molar-refractivity contribution is 5.72. The topological polar surface area (TPSA) is 137 Å². The summed E-state index contributed by atoms with van der Waals surface area (Å²) >= 11 is 0. The maximum Gasteiger partial charge on any atom is 0.354 e. The minimum atomic E-state index is -0.828. The van der Waals surface area contributed by atoms with Gasteiger partial charge in [0.05, 0.1) is 5.69 Å². The van der Waals surface area contributed by atoms with Gasteiger partial charge < -0.3 is 5.73 Å². The Morgan fingerprint density at radius 2 is 1.59 bits per heavy atom. The predicted octanol–water partition coefficient (Wildman–Crippen LogP) is 2.95. The Bertz CT molecular complexity index is 1170. The van der Waals surface area contributed by atoms with E-state index in [-0.39, 0.29) is 11.5 Å². The zero-order valence-electron chi connectivity index (χ0n) is 14.1. The Balaban J connectivity index is 2.14. The van der Waals surface area contributed by atoms with Crippen LogP contribution in [0.5, 0.6) is 0 Å². The van der Waals surface area contributed by atoms with Gasteiger partial charge in [-0.25, -0.2) is 4.79 Å². The number of rotatable bonds is 4. The summed E-state index contributed by atoms with van der Waals surface area (Å²) in [6.07, 6.45) is 1.51. The number of aromatic nitrogens is 2. The number of hydrogen-bond donors (Lipinski definition) is 1. The van der Waals surface area contributed by atoms with E-state index in [2.05, 4.69) is 15.3 Å². The van der Waals surface area contributed by atoms with Gasteiger partial charge in [-0.2, -0.15) is 4.98 Å². The molecule has 3 aromatic rings. The van der Waals surface area contributed by atoms with Crippen molar-refractivity contribution in [2.75, 3.05) is 5.73 Å². The van der Waals surface area contributed by atoms with Crippen LogP contribution >= 0.6 is 0 Å². The molecule has 2 N–H and O–H groups in total. The molecule has 3 rings (SSSR count). The molecule has 1 aromatic heterocycles. The van der Waals surface area contributed by atoms with E-state index in [0.29, 0.717) is 22.4 Å². The van der Waals surface area contributed by atoms with Crippen LogP contribution in [0.4, 0.5) is 17.2 Å². The third-order valence-electron chi connectivity index (χ3n) is 4.00. The van der Waals surface area contributed by atoms with Gasteiger partial charge in [0.25, 0.3) is 0 Å². The van der Waals surface area contributed by atoms with Crippen molar-refractivity contribution >= 4 is 17.2 Å². The van der Waals surface area contributed by atoms with Gasteiger partial charge in [-0.3, -0.25) is 9.36 Å². The molecule has 0 atom stereocenters. The van der Waals surface area contributed by atoms with Crippen LogP contribution in [0.2, 0.25) is 0 Å². The standard InChI is InChI=1S/C18H13N5O4/c1-10-8-14(21-26)17(24)15(22-27)9-13(10)11-2-4-12(5-3-11)23-7-6-16(19)20-18(23)25/h2-9H,1H3,(H2,19,20,25). The summed E-state index contributed by atoms with van der Waals surface area (Å²) in [6, 6.07) is 10.9. The number of hydrogen-bond acceptors (Lipinski definition) is 8. The lowest BCUT2D eigenvalue weighted by atomic mass is 10.0. The van der Waals surface area contributed by atoms with Crippen molar-refractivity contribution in [2.24, 2.45) is 10.4 Å². The fourth-order valence-corrected chi connectivity index (χ4v) is 2.66. The van der Waals surface area contributed by atoms with Crippen LogP contribution < -0.4 is 16.9 Å². The third kappa shape index (κ3) is 3.38. The first kappa shape index (κ1) is 17.8. The largest absolute Gasteiger partial charge is 0.383 e. The summed E-state index contributed by atoms with van der Waals surface area (Å²) in [5, 5.41) is 5.37. The molecule has 0 bridgehead atoms. The fourth-order valence-electron chi connectivity index (χ4n) is 2.66. The Hall–Kier alpha value is -4.01. The quantitative estimate of drug-likeness (QED) is 0.707. The molecule has 0 saturated carbocycles. The summed E-state index contributed by atoms with van der Waals surface area (Å²) in [4.78, 5) is 49.5. The normalized spacial score (nSPS) is 10.4. The number of anilines is 1. The van der Waals surface area contributed by atoms with Crippen LogP contribution in [0, 0.1) is 16.7 Å². The van der Waals surface area contributed by atoms with Gasteiger partial charge in [-0.1, -0.05) is 12.1 Å². The highest BCUT2D eigenvalue weighted by Crippen LogP contribution is 2.28. The Morgan fingerprint density at radius 1 is 0.963 bits per heavy atom. The highest BCUT2D eigenvalue weighted by Gasteiger charge is 2.11. The van der Waals surface area contributed by atoms with Crippen molar-refractivity contribution < 1.29 is 0 Å². The second-order valence-electron chi connectivity index (χ2n) is 5.72. The van der Waals surface area contributed by atoms with Gasteiger partial charge in [0.1, 0.15) is 5.82 Å². The van der Waals surface area contributed by atoms with E-state index >= 15 is 0 Å². The second-order valence-corrected chi connectivity index (χ2v) is 5.72. The molecule has 0 spiro atoms. The number of nitrogen functional groups attached to an aromatic ring is 1. The molecule has 0 amide bonds. The molecular formula is C18H13N5O4. The Morgan fingerprint density at radius 3 is 2.19 bits per heavy atom.